The fourth-order valence-corrected chi connectivity index (χ4v) is 3.92. The summed E-state index contributed by atoms with van der Waals surface area (Å²) in [5.74, 6) is -0.639. The summed E-state index contributed by atoms with van der Waals surface area (Å²) >= 11 is 6.07. The maximum absolute atomic E-state index is 14.0. The van der Waals surface area contributed by atoms with Gasteiger partial charge in [0, 0.05) is 34.8 Å². The van der Waals surface area contributed by atoms with Gasteiger partial charge >= 0.3 is 0 Å². The highest BCUT2D eigenvalue weighted by Gasteiger charge is 2.29. The van der Waals surface area contributed by atoms with Crippen LogP contribution in [0.15, 0.2) is 53.1 Å². The molecule has 0 bridgehead atoms. The van der Waals surface area contributed by atoms with Gasteiger partial charge in [-0.3, -0.25) is 4.79 Å². The largest absolute Gasteiger partial charge is 0.423 e. The van der Waals surface area contributed by atoms with E-state index in [1.54, 1.807) is 18.2 Å². The van der Waals surface area contributed by atoms with Gasteiger partial charge in [0.2, 0.25) is 0 Å². The average molecular weight is 457 g/mol. The maximum atomic E-state index is 14.0. The van der Waals surface area contributed by atoms with E-state index in [-0.39, 0.29) is 23.8 Å². The Kier molecular flexibility index (Phi) is 3.78. The molecule has 0 unspecified atom stereocenters. The zero-order valence-corrected chi connectivity index (χ0v) is 17.9. The monoisotopic (exact) mass is 456 g/mol. The van der Waals surface area contributed by atoms with Crippen LogP contribution < -0.4 is 4.90 Å². The number of amides is 1. The summed E-state index contributed by atoms with van der Waals surface area (Å²) in [7, 11) is 0. The van der Waals surface area contributed by atoms with E-state index >= 15 is 0 Å². The molecule has 0 radical (unpaired) electrons. The van der Waals surface area contributed by atoms with Gasteiger partial charge in [0.25, 0.3) is 11.9 Å². The number of benzene rings is 2. The number of rotatable bonds is 3. The van der Waals surface area contributed by atoms with Crippen molar-refractivity contribution in [2.24, 2.45) is 0 Å². The van der Waals surface area contributed by atoms with E-state index in [4.69, 9.17) is 24.2 Å². The molecule has 1 saturated heterocycles. The highest BCUT2D eigenvalue weighted by molar-refractivity contribution is 6.31. The van der Waals surface area contributed by atoms with Gasteiger partial charge < -0.3 is 14.2 Å². The molecule has 0 aliphatic carbocycles. The lowest BCUT2D eigenvalue weighted by Gasteiger charge is -2.27. The smallest absolute Gasteiger partial charge is 0.298 e. The molecule has 1 amide bonds. The van der Waals surface area contributed by atoms with Crippen LogP contribution in [0, 0.1) is 6.85 Å². The topological polar surface area (TPSA) is 80.3 Å². The first-order chi connectivity index (χ1) is 18.0. The molecule has 2 aromatic carbocycles. The summed E-state index contributed by atoms with van der Waals surface area (Å²) in [6.45, 7) is 0.0856. The van der Waals surface area contributed by atoms with Crippen LogP contribution in [0.25, 0.3) is 16.8 Å². The number of fused-ring (bicyclic) bond motifs is 1. The van der Waals surface area contributed by atoms with Gasteiger partial charge in [-0.25, -0.2) is 0 Å². The number of carbonyl (C=O) groups is 1. The van der Waals surface area contributed by atoms with Crippen molar-refractivity contribution in [3.8, 4) is 5.69 Å². The van der Waals surface area contributed by atoms with E-state index in [0.29, 0.717) is 41.6 Å². The Hall–Kier alpha value is -3.39. The van der Waals surface area contributed by atoms with Crippen molar-refractivity contribution >= 4 is 34.6 Å². The van der Waals surface area contributed by atoms with Crippen molar-refractivity contribution in [3.05, 3.63) is 64.9 Å². The molecule has 1 fully saturated rings. The van der Waals surface area contributed by atoms with E-state index in [1.807, 2.05) is 11.8 Å². The standard InChI is InChI=1S/C23H23ClN6O2/c1-15-3-5-20(30-25-8-9-26-30)18(13-15)22(31)29-12-11-28(10-7-16(29)2)23-27-19-14-17(24)4-6-21(19)32-23/h3-6,8-9,13-14,16H,7,10-12H2,1-2H3/t16-/m1/s1/i1D3,3D,5D,13D. The predicted molar refractivity (Wildman–Crippen MR) is 122 cm³/mol. The molecular weight excluding hydrogens is 428 g/mol. The van der Waals surface area contributed by atoms with E-state index < -0.39 is 36.4 Å². The van der Waals surface area contributed by atoms with E-state index in [0.717, 1.165) is 4.80 Å². The highest BCUT2D eigenvalue weighted by atomic mass is 35.5. The lowest BCUT2D eigenvalue weighted by atomic mass is 10.1. The minimum absolute atomic E-state index is 0.202. The van der Waals surface area contributed by atoms with Gasteiger partial charge in [-0.15, -0.1) is 0 Å². The second-order valence-electron chi connectivity index (χ2n) is 7.52. The van der Waals surface area contributed by atoms with Crippen molar-refractivity contribution < 1.29 is 17.4 Å². The minimum Gasteiger partial charge on any atom is -0.423 e. The van der Waals surface area contributed by atoms with E-state index in [2.05, 4.69) is 15.2 Å². The van der Waals surface area contributed by atoms with Crippen molar-refractivity contribution in [3.63, 3.8) is 0 Å². The van der Waals surface area contributed by atoms with Crippen LogP contribution >= 0.6 is 11.6 Å². The Morgan fingerprint density at radius 1 is 1.25 bits per heavy atom. The molecular formula is C23H23ClN6O2. The number of hydrogen-bond acceptors (Lipinski definition) is 6. The van der Waals surface area contributed by atoms with Crippen LogP contribution in [0.5, 0.6) is 0 Å². The van der Waals surface area contributed by atoms with E-state index in [1.165, 1.54) is 17.3 Å². The molecule has 1 atom stereocenters. The summed E-state index contributed by atoms with van der Waals surface area (Å²) in [6.07, 6.45) is 3.20. The summed E-state index contributed by atoms with van der Waals surface area (Å²) in [5.41, 5.74) is 0.0114. The first-order valence-electron chi connectivity index (χ1n) is 13.1. The molecule has 164 valence electrons. The number of hydrogen-bond donors (Lipinski definition) is 0. The Bertz CT molecular complexity index is 1520. The second-order valence-corrected chi connectivity index (χ2v) is 7.96. The van der Waals surface area contributed by atoms with Gasteiger partial charge in [0.15, 0.2) is 5.58 Å². The van der Waals surface area contributed by atoms with Crippen LogP contribution in [0.4, 0.5) is 6.01 Å². The Labute approximate surface area is 198 Å². The third-order valence-corrected chi connectivity index (χ3v) is 5.69. The number of nitrogens with zero attached hydrogens (tertiary/aromatic N) is 6. The normalized spacial score (nSPS) is 20.1. The SMILES string of the molecule is [2H]c1c([2H])c(C([2H])([2H])[2H])c([2H])c(C(=O)N2CCN(c3nc4cc(Cl)ccc4o3)CC[C@H]2C)c1-n1nccn1. The quantitative estimate of drug-likeness (QED) is 0.461. The summed E-state index contributed by atoms with van der Waals surface area (Å²) in [6, 6.07) is 3.41. The van der Waals surface area contributed by atoms with Crippen molar-refractivity contribution in [1.82, 2.24) is 24.9 Å². The molecule has 1 aliphatic heterocycles. The third-order valence-electron chi connectivity index (χ3n) is 5.45. The lowest BCUT2D eigenvalue weighted by Crippen LogP contribution is -2.40. The highest BCUT2D eigenvalue weighted by Crippen LogP contribution is 2.27. The Morgan fingerprint density at radius 3 is 2.91 bits per heavy atom. The number of anilines is 1. The molecule has 32 heavy (non-hydrogen) atoms. The van der Waals surface area contributed by atoms with Gasteiger partial charge in [-0.2, -0.15) is 20.0 Å². The molecule has 1 aliphatic rings. The predicted octanol–water partition coefficient (Wildman–Crippen LogP) is 4.11. The lowest BCUT2D eigenvalue weighted by molar-refractivity contribution is 0.0704. The van der Waals surface area contributed by atoms with Gasteiger partial charge in [0.05, 0.1) is 27.8 Å². The molecule has 3 heterocycles. The minimum atomic E-state index is -2.87. The van der Waals surface area contributed by atoms with Crippen LogP contribution in [-0.4, -0.2) is 56.5 Å². The zero-order chi connectivity index (χ0) is 27.4. The molecule has 0 N–H and O–H groups in total. The van der Waals surface area contributed by atoms with E-state index in [9.17, 15) is 4.79 Å². The van der Waals surface area contributed by atoms with Crippen LogP contribution in [0.3, 0.4) is 0 Å². The van der Waals surface area contributed by atoms with Crippen molar-refractivity contribution in [2.45, 2.75) is 26.2 Å². The third kappa shape index (κ3) is 3.82. The average Bonchev–Trinajstić information content (AvgIpc) is 3.47. The van der Waals surface area contributed by atoms with Crippen LogP contribution in [-0.2, 0) is 0 Å². The Balaban J connectivity index is 1.53. The number of halogens is 1. The molecule has 9 heteroatoms. The molecule has 0 saturated carbocycles. The van der Waals surface area contributed by atoms with Gasteiger partial charge in [0.1, 0.15) is 5.52 Å². The van der Waals surface area contributed by atoms with Gasteiger partial charge in [-0.1, -0.05) is 23.2 Å². The van der Waals surface area contributed by atoms with Crippen molar-refractivity contribution in [1.29, 1.82) is 0 Å². The fraction of sp³-hybridized carbons (Fsp3) is 0.304. The molecule has 4 aromatic rings. The Morgan fingerprint density at radius 2 is 2.09 bits per heavy atom. The van der Waals surface area contributed by atoms with Crippen molar-refractivity contribution in [2.75, 3.05) is 24.5 Å². The first kappa shape index (κ1) is 14.6. The summed E-state index contributed by atoms with van der Waals surface area (Å²) in [4.78, 5) is 22.9. The number of carbonyl (C=O) groups excluding carboxylic acids is 1. The molecule has 5 rings (SSSR count). The second kappa shape index (κ2) is 8.27. The zero-order valence-electron chi connectivity index (χ0n) is 23.2. The summed E-state index contributed by atoms with van der Waals surface area (Å²) < 4.78 is 54.9. The first-order valence-corrected chi connectivity index (χ1v) is 10.5. The van der Waals surface area contributed by atoms with Crippen LogP contribution in [0.1, 0.15) is 37.5 Å². The fourth-order valence-electron chi connectivity index (χ4n) is 3.76. The summed E-state index contributed by atoms with van der Waals surface area (Å²) in [5, 5.41) is 8.53. The molecule has 2 aromatic heterocycles. The van der Waals surface area contributed by atoms with Crippen LogP contribution in [0.2, 0.25) is 5.02 Å². The number of aromatic nitrogens is 4. The van der Waals surface area contributed by atoms with Gasteiger partial charge in [-0.05, 0) is 50.5 Å². The molecule has 8 nitrogen and oxygen atoms in total. The molecule has 0 spiro atoms. The number of oxazole rings is 1. The maximum Gasteiger partial charge on any atom is 0.298 e.